The van der Waals surface area contributed by atoms with Gasteiger partial charge in [-0.15, -0.1) is 0 Å². The number of carbonyl (C=O) groups excluding carboxylic acids is 2. The first kappa shape index (κ1) is 20.7. The summed E-state index contributed by atoms with van der Waals surface area (Å²) in [5, 5.41) is 10.9. The van der Waals surface area contributed by atoms with Crippen molar-refractivity contribution in [2.24, 2.45) is 0 Å². The van der Waals surface area contributed by atoms with Gasteiger partial charge in [0.15, 0.2) is 0 Å². The number of nitrogens with zero attached hydrogens (tertiary/aromatic N) is 2. The van der Waals surface area contributed by atoms with Crippen molar-refractivity contribution in [3.05, 3.63) is 63.7 Å². The van der Waals surface area contributed by atoms with E-state index in [1.807, 2.05) is 26.0 Å². The number of amides is 2. The Bertz CT molecular complexity index is 863. The predicted octanol–water partition coefficient (Wildman–Crippen LogP) is 2.52. The molecule has 0 spiro atoms. The molecule has 148 valence electrons. The summed E-state index contributed by atoms with van der Waals surface area (Å²) in [6.45, 7) is 5.79. The molecule has 9 heteroatoms. The monoisotopic (exact) mass is 386 g/mol. The van der Waals surface area contributed by atoms with Gasteiger partial charge in [0.25, 0.3) is 17.5 Å². The first-order valence-electron chi connectivity index (χ1n) is 8.69. The lowest BCUT2D eigenvalue weighted by molar-refractivity contribution is -0.384. The Labute approximate surface area is 162 Å². The summed E-state index contributed by atoms with van der Waals surface area (Å²) in [6.07, 6.45) is 0. The maximum atomic E-state index is 12.3. The van der Waals surface area contributed by atoms with Gasteiger partial charge in [-0.1, -0.05) is 0 Å². The van der Waals surface area contributed by atoms with Crippen LogP contribution in [0.2, 0.25) is 0 Å². The first-order valence-corrected chi connectivity index (χ1v) is 8.69. The van der Waals surface area contributed by atoms with E-state index >= 15 is 0 Å². The zero-order valence-corrected chi connectivity index (χ0v) is 15.9. The van der Waals surface area contributed by atoms with Gasteiger partial charge in [-0.3, -0.25) is 30.6 Å². The van der Waals surface area contributed by atoms with Crippen LogP contribution in [-0.2, 0) is 0 Å². The summed E-state index contributed by atoms with van der Waals surface area (Å²) in [6, 6.07) is 10.6. The molecule has 2 rings (SSSR count). The Kier molecular flexibility index (Phi) is 6.91. The summed E-state index contributed by atoms with van der Waals surface area (Å²) < 4.78 is 5.05. The molecule has 0 unspecified atom stereocenters. The van der Waals surface area contributed by atoms with Crippen molar-refractivity contribution in [1.29, 1.82) is 0 Å². The highest BCUT2D eigenvalue weighted by Gasteiger charge is 2.18. The standard InChI is InChI=1S/C19H22N4O5/c1-4-22(5-2)14-8-6-13(7-9-14)18(24)20-21-19(25)16-12-15(23(26)27)10-11-17(16)28-3/h6-12H,4-5H2,1-3H3,(H,20,24)(H,21,25). The molecule has 0 bridgehead atoms. The van der Waals surface area contributed by atoms with Crippen LogP contribution in [0.15, 0.2) is 42.5 Å². The van der Waals surface area contributed by atoms with Crippen LogP contribution < -0.4 is 20.5 Å². The molecule has 9 nitrogen and oxygen atoms in total. The van der Waals surface area contributed by atoms with E-state index in [4.69, 9.17) is 4.74 Å². The average Bonchev–Trinajstić information content (AvgIpc) is 2.72. The molecule has 0 aliphatic carbocycles. The highest BCUT2D eigenvalue weighted by Crippen LogP contribution is 2.23. The van der Waals surface area contributed by atoms with E-state index in [2.05, 4.69) is 15.8 Å². The number of benzene rings is 2. The maximum absolute atomic E-state index is 12.3. The van der Waals surface area contributed by atoms with Crippen LogP contribution in [0.3, 0.4) is 0 Å². The van der Waals surface area contributed by atoms with Gasteiger partial charge >= 0.3 is 0 Å². The highest BCUT2D eigenvalue weighted by molar-refractivity contribution is 6.01. The molecule has 2 N–H and O–H groups in total. The third kappa shape index (κ3) is 4.76. The number of carbonyl (C=O) groups is 2. The van der Waals surface area contributed by atoms with Crippen molar-refractivity contribution in [2.75, 3.05) is 25.1 Å². The van der Waals surface area contributed by atoms with Crippen LogP contribution in [0.4, 0.5) is 11.4 Å². The molecule has 0 fully saturated rings. The van der Waals surface area contributed by atoms with Gasteiger partial charge in [-0.25, -0.2) is 0 Å². The van der Waals surface area contributed by atoms with E-state index in [9.17, 15) is 19.7 Å². The van der Waals surface area contributed by atoms with E-state index in [-0.39, 0.29) is 17.0 Å². The van der Waals surface area contributed by atoms with Crippen LogP contribution in [-0.4, -0.2) is 36.9 Å². The minimum Gasteiger partial charge on any atom is -0.496 e. The number of methoxy groups -OCH3 is 1. The smallest absolute Gasteiger partial charge is 0.273 e. The third-order valence-corrected chi connectivity index (χ3v) is 4.19. The second-order valence-electron chi connectivity index (χ2n) is 5.77. The Morgan fingerprint density at radius 1 is 1.04 bits per heavy atom. The van der Waals surface area contributed by atoms with Crippen LogP contribution in [0.5, 0.6) is 5.75 Å². The van der Waals surface area contributed by atoms with Crippen LogP contribution in [0, 0.1) is 10.1 Å². The fourth-order valence-corrected chi connectivity index (χ4v) is 2.65. The minimum atomic E-state index is -0.728. The number of nitro benzene ring substituents is 1. The number of non-ortho nitro benzene ring substituents is 1. The number of hydrogen-bond donors (Lipinski definition) is 2. The Morgan fingerprint density at radius 3 is 2.18 bits per heavy atom. The molecule has 2 amide bonds. The molecule has 2 aromatic carbocycles. The lowest BCUT2D eigenvalue weighted by atomic mass is 10.1. The van der Waals surface area contributed by atoms with Gasteiger partial charge < -0.3 is 9.64 Å². The Balaban J connectivity index is 2.07. The van der Waals surface area contributed by atoms with Gasteiger partial charge in [0.05, 0.1) is 17.6 Å². The molecule has 0 heterocycles. The molecule has 2 aromatic rings. The number of nitro groups is 1. The minimum absolute atomic E-state index is 0.0612. The Hall–Kier alpha value is -3.62. The molecular formula is C19H22N4O5. The van der Waals surface area contributed by atoms with Crippen molar-refractivity contribution in [3.8, 4) is 5.75 Å². The number of hydrogen-bond acceptors (Lipinski definition) is 6. The van der Waals surface area contributed by atoms with Crippen molar-refractivity contribution >= 4 is 23.2 Å². The van der Waals surface area contributed by atoms with Crippen molar-refractivity contribution in [1.82, 2.24) is 10.9 Å². The van der Waals surface area contributed by atoms with Crippen molar-refractivity contribution < 1.29 is 19.2 Å². The molecule has 0 saturated carbocycles. The number of ether oxygens (including phenoxy) is 1. The summed E-state index contributed by atoms with van der Waals surface area (Å²) in [5.74, 6) is -1.08. The SMILES string of the molecule is CCN(CC)c1ccc(C(=O)NNC(=O)c2cc([N+](=O)[O-])ccc2OC)cc1. The fourth-order valence-electron chi connectivity index (χ4n) is 2.65. The topological polar surface area (TPSA) is 114 Å². The lowest BCUT2D eigenvalue weighted by Gasteiger charge is -2.21. The lowest BCUT2D eigenvalue weighted by Crippen LogP contribution is -2.41. The zero-order valence-electron chi connectivity index (χ0n) is 15.9. The molecule has 0 saturated heterocycles. The van der Waals surface area contributed by atoms with Gasteiger partial charge in [-0.05, 0) is 44.2 Å². The molecule has 0 radical (unpaired) electrons. The van der Waals surface area contributed by atoms with Crippen LogP contribution in [0.1, 0.15) is 34.6 Å². The molecule has 0 aliphatic heterocycles. The van der Waals surface area contributed by atoms with Gasteiger partial charge in [0, 0.05) is 36.5 Å². The van der Waals surface area contributed by atoms with E-state index in [0.29, 0.717) is 5.56 Å². The number of rotatable bonds is 7. The first-order chi connectivity index (χ1) is 13.4. The molecule has 0 aliphatic rings. The quantitative estimate of drug-likeness (QED) is 0.558. The Morgan fingerprint density at radius 2 is 1.64 bits per heavy atom. The van der Waals surface area contributed by atoms with Crippen molar-refractivity contribution in [3.63, 3.8) is 0 Å². The summed E-state index contributed by atoms with van der Waals surface area (Å²) in [7, 11) is 1.34. The second kappa shape index (κ2) is 9.36. The zero-order chi connectivity index (χ0) is 20.7. The average molecular weight is 386 g/mol. The van der Waals surface area contributed by atoms with Crippen LogP contribution >= 0.6 is 0 Å². The van der Waals surface area contributed by atoms with E-state index < -0.39 is 16.7 Å². The van der Waals surface area contributed by atoms with Crippen LogP contribution in [0.25, 0.3) is 0 Å². The normalized spacial score (nSPS) is 10.1. The fraction of sp³-hybridized carbons (Fsp3) is 0.263. The summed E-state index contributed by atoms with van der Waals surface area (Å²) >= 11 is 0. The maximum Gasteiger partial charge on any atom is 0.273 e. The van der Waals surface area contributed by atoms with E-state index in [0.717, 1.165) is 24.8 Å². The van der Waals surface area contributed by atoms with Gasteiger partial charge in [0.1, 0.15) is 5.75 Å². The molecule has 28 heavy (non-hydrogen) atoms. The van der Waals surface area contributed by atoms with E-state index in [1.165, 1.54) is 19.2 Å². The molecule has 0 aromatic heterocycles. The molecular weight excluding hydrogens is 364 g/mol. The van der Waals surface area contributed by atoms with Gasteiger partial charge in [-0.2, -0.15) is 0 Å². The summed E-state index contributed by atoms with van der Waals surface area (Å²) in [4.78, 5) is 37.0. The predicted molar refractivity (Wildman–Crippen MR) is 105 cm³/mol. The highest BCUT2D eigenvalue weighted by atomic mass is 16.6. The number of anilines is 1. The summed E-state index contributed by atoms with van der Waals surface area (Å²) in [5.41, 5.74) is 5.58. The largest absolute Gasteiger partial charge is 0.496 e. The van der Waals surface area contributed by atoms with Gasteiger partial charge in [0.2, 0.25) is 0 Å². The van der Waals surface area contributed by atoms with Crippen molar-refractivity contribution in [2.45, 2.75) is 13.8 Å². The number of nitrogens with one attached hydrogen (secondary N) is 2. The molecule has 0 atom stereocenters. The second-order valence-corrected chi connectivity index (χ2v) is 5.77. The van der Waals surface area contributed by atoms with E-state index in [1.54, 1.807) is 12.1 Å². The number of hydrazine groups is 1. The third-order valence-electron chi connectivity index (χ3n) is 4.19.